The zero-order valence-corrected chi connectivity index (χ0v) is 20.6. The number of nitrogens with one attached hydrogen (secondary N) is 1. The third kappa shape index (κ3) is 5.46. The van der Waals surface area contributed by atoms with Crippen molar-refractivity contribution < 1.29 is 9.53 Å². The van der Waals surface area contributed by atoms with Gasteiger partial charge in [-0.15, -0.1) is 24.0 Å². The first kappa shape index (κ1) is 23.3. The van der Waals surface area contributed by atoms with Crippen LogP contribution >= 0.6 is 24.0 Å². The van der Waals surface area contributed by atoms with Crippen molar-refractivity contribution >= 4 is 35.8 Å². The number of guanidine groups is 1. The molecule has 2 fully saturated rings. The van der Waals surface area contributed by atoms with Crippen LogP contribution in [0.25, 0.3) is 0 Å². The molecule has 1 amide bonds. The van der Waals surface area contributed by atoms with E-state index in [4.69, 9.17) is 9.73 Å². The van der Waals surface area contributed by atoms with Crippen LogP contribution in [0.5, 0.6) is 0 Å². The van der Waals surface area contributed by atoms with Crippen molar-refractivity contribution in [3.8, 4) is 0 Å². The number of aryl methyl sites for hydroxylation is 1. The van der Waals surface area contributed by atoms with Crippen LogP contribution in [0.1, 0.15) is 36.8 Å². The summed E-state index contributed by atoms with van der Waals surface area (Å²) in [6, 6.07) is 9.10. The van der Waals surface area contributed by atoms with E-state index in [1.807, 2.05) is 0 Å². The molecule has 1 aliphatic carbocycles. The second-order valence-electron chi connectivity index (χ2n) is 9.06. The third-order valence-electron chi connectivity index (χ3n) is 6.83. The Kier molecular flexibility index (Phi) is 8.01. The number of hydrogen-bond acceptors (Lipinski definition) is 3. The molecule has 4 rings (SSSR count). The summed E-state index contributed by atoms with van der Waals surface area (Å²) < 4.78 is 5.60. The van der Waals surface area contributed by atoms with Crippen molar-refractivity contribution in [3.63, 3.8) is 0 Å². The Morgan fingerprint density at radius 1 is 1.23 bits per heavy atom. The number of aliphatic imine (C=N–C) groups is 1. The highest BCUT2D eigenvalue weighted by Crippen LogP contribution is 2.39. The Morgan fingerprint density at radius 2 is 1.97 bits per heavy atom. The summed E-state index contributed by atoms with van der Waals surface area (Å²) in [5.41, 5.74) is 3.25. The van der Waals surface area contributed by atoms with Crippen molar-refractivity contribution in [1.82, 2.24) is 15.1 Å². The topological polar surface area (TPSA) is 57.2 Å². The lowest BCUT2D eigenvalue weighted by Crippen LogP contribution is -2.48. The van der Waals surface area contributed by atoms with E-state index in [-0.39, 0.29) is 36.4 Å². The number of rotatable bonds is 3. The van der Waals surface area contributed by atoms with Crippen molar-refractivity contribution in [3.05, 3.63) is 35.4 Å². The highest BCUT2D eigenvalue weighted by Gasteiger charge is 2.40. The first-order valence-electron chi connectivity index (χ1n) is 11.0. The van der Waals surface area contributed by atoms with Gasteiger partial charge in [0.25, 0.3) is 0 Å². The molecule has 2 aliphatic heterocycles. The molecule has 2 heterocycles. The van der Waals surface area contributed by atoms with Gasteiger partial charge in [-0.05, 0) is 55.1 Å². The van der Waals surface area contributed by atoms with Gasteiger partial charge in [-0.1, -0.05) is 24.3 Å². The molecule has 166 valence electrons. The van der Waals surface area contributed by atoms with E-state index in [0.717, 1.165) is 64.4 Å². The molecule has 30 heavy (non-hydrogen) atoms. The maximum Gasteiger partial charge on any atom is 0.243 e. The second kappa shape index (κ2) is 10.3. The van der Waals surface area contributed by atoms with Crippen LogP contribution in [0.3, 0.4) is 0 Å². The van der Waals surface area contributed by atoms with E-state index >= 15 is 0 Å². The van der Waals surface area contributed by atoms with E-state index in [1.54, 1.807) is 19.0 Å². The number of amides is 1. The monoisotopic (exact) mass is 526 g/mol. The van der Waals surface area contributed by atoms with Crippen LogP contribution in [0, 0.1) is 5.41 Å². The van der Waals surface area contributed by atoms with E-state index in [9.17, 15) is 4.79 Å². The Hall–Kier alpha value is -1.35. The number of fused-ring (bicyclic) bond motifs is 1. The van der Waals surface area contributed by atoms with Crippen LogP contribution in [-0.2, 0) is 22.4 Å². The van der Waals surface area contributed by atoms with Gasteiger partial charge in [-0.2, -0.15) is 0 Å². The molecule has 0 aromatic heterocycles. The van der Waals surface area contributed by atoms with Crippen LogP contribution in [0.15, 0.2) is 29.3 Å². The SMILES string of the molecule is CN(C)C(=O)CN=C(NC1CCc2ccccc2C1)N1CCC2(CCOCC2)C1.I. The highest BCUT2D eigenvalue weighted by molar-refractivity contribution is 14.0. The lowest BCUT2D eigenvalue weighted by molar-refractivity contribution is -0.127. The quantitative estimate of drug-likeness (QED) is 0.374. The summed E-state index contributed by atoms with van der Waals surface area (Å²) in [6.45, 7) is 3.96. The number of carbonyl (C=O) groups is 1. The minimum absolute atomic E-state index is 0. The molecule has 1 spiro atoms. The molecular weight excluding hydrogens is 491 g/mol. The number of hydrogen-bond donors (Lipinski definition) is 1. The number of halogens is 1. The molecule has 2 saturated heterocycles. The van der Waals surface area contributed by atoms with Gasteiger partial charge in [0, 0.05) is 46.4 Å². The maximum atomic E-state index is 12.2. The zero-order valence-electron chi connectivity index (χ0n) is 18.2. The van der Waals surface area contributed by atoms with Gasteiger partial charge < -0.3 is 19.9 Å². The van der Waals surface area contributed by atoms with E-state index < -0.39 is 0 Å². The number of benzene rings is 1. The van der Waals surface area contributed by atoms with Gasteiger partial charge in [0.2, 0.25) is 5.91 Å². The van der Waals surface area contributed by atoms with Gasteiger partial charge in [-0.3, -0.25) is 4.79 Å². The minimum Gasteiger partial charge on any atom is -0.381 e. The average molecular weight is 526 g/mol. The van der Waals surface area contributed by atoms with E-state index in [0.29, 0.717) is 11.5 Å². The van der Waals surface area contributed by atoms with E-state index in [2.05, 4.69) is 34.5 Å². The van der Waals surface area contributed by atoms with E-state index in [1.165, 1.54) is 17.5 Å². The van der Waals surface area contributed by atoms with Crippen LogP contribution < -0.4 is 5.32 Å². The molecule has 0 radical (unpaired) electrons. The molecule has 0 saturated carbocycles. The highest BCUT2D eigenvalue weighted by atomic mass is 127. The van der Waals surface area contributed by atoms with Crippen molar-refractivity contribution in [1.29, 1.82) is 0 Å². The van der Waals surface area contributed by atoms with Crippen LogP contribution in [-0.4, -0.2) is 74.7 Å². The molecule has 1 aromatic carbocycles. The maximum absolute atomic E-state index is 12.2. The van der Waals surface area contributed by atoms with Crippen molar-refractivity contribution in [2.24, 2.45) is 10.4 Å². The predicted molar refractivity (Wildman–Crippen MR) is 130 cm³/mol. The summed E-state index contributed by atoms with van der Waals surface area (Å²) in [7, 11) is 3.58. The van der Waals surface area contributed by atoms with Gasteiger partial charge in [0.1, 0.15) is 6.54 Å². The molecule has 1 atom stereocenters. The Bertz CT molecular complexity index is 761. The summed E-state index contributed by atoms with van der Waals surface area (Å²) in [4.78, 5) is 20.9. The third-order valence-corrected chi connectivity index (χ3v) is 6.83. The minimum atomic E-state index is 0. The fourth-order valence-corrected chi connectivity index (χ4v) is 4.85. The van der Waals surface area contributed by atoms with Crippen molar-refractivity contribution in [2.75, 3.05) is 46.9 Å². The number of nitrogens with zero attached hydrogens (tertiary/aromatic N) is 3. The van der Waals surface area contributed by atoms with Crippen LogP contribution in [0.4, 0.5) is 0 Å². The summed E-state index contributed by atoms with van der Waals surface area (Å²) >= 11 is 0. The lowest BCUT2D eigenvalue weighted by atomic mass is 9.80. The standard InChI is InChI=1S/C23H34N4O2.HI/c1-26(2)21(28)16-24-22(27-12-9-23(17-27)10-13-29-14-11-23)25-20-8-7-18-5-3-4-6-19(18)15-20;/h3-6,20H,7-17H2,1-2H3,(H,24,25);1H. The molecular formula is C23H35IN4O2. The molecule has 1 N–H and O–H groups in total. The first-order chi connectivity index (χ1) is 14.0. The lowest BCUT2D eigenvalue weighted by Gasteiger charge is -2.34. The van der Waals surface area contributed by atoms with Gasteiger partial charge >= 0.3 is 0 Å². The number of ether oxygens (including phenoxy) is 1. The summed E-state index contributed by atoms with van der Waals surface area (Å²) in [5.74, 6) is 0.950. The Labute approximate surface area is 197 Å². The summed E-state index contributed by atoms with van der Waals surface area (Å²) in [5, 5.41) is 3.73. The zero-order chi connectivity index (χ0) is 20.3. The fourth-order valence-electron chi connectivity index (χ4n) is 4.85. The van der Waals surface area contributed by atoms with Gasteiger partial charge in [0.05, 0.1) is 0 Å². The smallest absolute Gasteiger partial charge is 0.243 e. The molecule has 0 bridgehead atoms. The molecule has 3 aliphatic rings. The normalized spacial score (nSPS) is 22.9. The van der Waals surface area contributed by atoms with Crippen LogP contribution in [0.2, 0.25) is 0 Å². The van der Waals surface area contributed by atoms with Gasteiger partial charge in [-0.25, -0.2) is 4.99 Å². The number of likely N-dealkylation sites (N-methyl/N-ethyl adjacent to an activating group) is 1. The number of likely N-dealkylation sites (tertiary alicyclic amines) is 1. The molecule has 6 nitrogen and oxygen atoms in total. The average Bonchev–Trinajstić information content (AvgIpc) is 3.14. The predicted octanol–water partition coefficient (Wildman–Crippen LogP) is 2.70. The molecule has 1 unspecified atom stereocenters. The Morgan fingerprint density at radius 3 is 2.70 bits per heavy atom. The van der Waals surface area contributed by atoms with Gasteiger partial charge in [0.15, 0.2) is 5.96 Å². The largest absolute Gasteiger partial charge is 0.381 e. The number of carbonyl (C=O) groups excluding carboxylic acids is 1. The Balaban J connectivity index is 0.00000256. The fraction of sp³-hybridized carbons (Fsp3) is 0.652. The second-order valence-corrected chi connectivity index (χ2v) is 9.06. The summed E-state index contributed by atoms with van der Waals surface area (Å²) in [6.07, 6.45) is 6.66. The first-order valence-corrected chi connectivity index (χ1v) is 11.0. The molecule has 7 heteroatoms. The van der Waals surface area contributed by atoms with Crippen molar-refractivity contribution in [2.45, 2.75) is 44.6 Å². The molecule has 1 aromatic rings.